The Bertz CT molecular complexity index is 470. The normalized spacial score (nSPS) is 22.5. The number of halogens is 1. The molecule has 110 valence electrons. The van der Waals surface area contributed by atoms with Crippen LogP contribution in [0.3, 0.4) is 0 Å². The fraction of sp³-hybridized carbons (Fsp3) is 0.600. The Labute approximate surface area is 125 Å². The predicted molar refractivity (Wildman–Crippen MR) is 81.7 cm³/mol. The first-order chi connectivity index (χ1) is 9.60. The summed E-state index contributed by atoms with van der Waals surface area (Å²) in [6.07, 6.45) is 7.66. The van der Waals surface area contributed by atoms with Crippen LogP contribution in [0.15, 0.2) is 12.3 Å². The number of carbonyl (C=O) groups is 1. The highest BCUT2D eigenvalue weighted by Crippen LogP contribution is 2.30. The fourth-order valence-corrected chi connectivity index (χ4v) is 2.99. The Balaban J connectivity index is 1.85. The number of carbonyl (C=O) groups excluding carboxylic acids is 1. The zero-order valence-corrected chi connectivity index (χ0v) is 12.6. The molecule has 1 heterocycles. The van der Waals surface area contributed by atoms with E-state index < -0.39 is 0 Å². The molecule has 4 nitrogen and oxygen atoms in total. The van der Waals surface area contributed by atoms with E-state index in [9.17, 15) is 4.79 Å². The van der Waals surface area contributed by atoms with Crippen LogP contribution >= 0.6 is 11.6 Å². The van der Waals surface area contributed by atoms with Gasteiger partial charge in [-0.2, -0.15) is 0 Å². The maximum absolute atomic E-state index is 12.1. The van der Waals surface area contributed by atoms with Gasteiger partial charge in [-0.3, -0.25) is 4.79 Å². The predicted octanol–water partition coefficient (Wildman–Crippen LogP) is 3.26. The fourth-order valence-electron chi connectivity index (χ4n) is 2.80. The maximum atomic E-state index is 12.1. The van der Waals surface area contributed by atoms with Crippen molar-refractivity contribution in [2.24, 2.45) is 11.8 Å². The topological polar surface area (TPSA) is 68.0 Å². The van der Waals surface area contributed by atoms with Gasteiger partial charge in [-0.15, -0.1) is 0 Å². The molecule has 1 amide bonds. The Morgan fingerprint density at radius 3 is 2.70 bits per heavy atom. The van der Waals surface area contributed by atoms with Crippen molar-refractivity contribution in [2.75, 3.05) is 12.3 Å². The van der Waals surface area contributed by atoms with Gasteiger partial charge in [0.05, 0.1) is 17.4 Å². The third-order valence-corrected chi connectivity index (χ3v) is 4.50. The van der Waals surface area contributed by atoms with Crippen molar-refractivity contribution in [2.45, 2.75) is 39.0 Å². The van der Waals surface area contributed by atoms with Crippen LogP contribution in [-0.2, 0) is 0 Å². The van der Waals surface area contributed by atoms with Gasteiger partial charge < -0.3 is 11.1 Å². The van der Waals surface area contributed by atoms with Gasteiger partial charge in [0.1, 0.15) is 5.15 Å². The average molecular weight is 296 g/mol. The zero-order valence-electron chi connectivity index (χ0n) is 11.9. The van der Waals surface area contributed by atoms with Crippen molar-refractivity contribution < 1.29 is 4.79 Å². The van der Waals surface area contributed by atoms with E-state index in [0.29, 0.717) is 23.7 Å². The highest BCUT2D eigenvalue weighted by atomic mass is 35.5. The summed E-state index contributed by atoms with van der Waals surface area (Å²) in [5.41, 5.74) is 6.44. The Hall–Kier alpha value is -1.29. The molecule has 20 heavy (non-hydrogen) atoms. The molecule has 1 aromatic heterocycles. The molecule has 0 aromatic carbocycles. The molecule has 5 heteroatoms. The smallest absolute Gasteiger partial charge is 0.254 e. The molecular weight excluding hydrogens is 274 g/mol. The number of pyridine rings is 1. The van der Waals surface area contributed by atoms with E-state index in [4.69, 9.17) is 17.3 Å². The van der Waals surface area contributed by atoms with Crippen LogP contribution < -0.4 is 11.1 Å². The minimum atomic E-state index is -0.188. The van der Waals surface area contributed by atoms with Gasteiger partial charge in [0.2, 0.25) is 0 Å². The minimum absolute atomic E-state index is 0.188. The average Bonchev–Trinajstić information content (AvgIpc) is 2.47. The van der Waals surface area contributed by atoms with E-state index in [-0.39, 0.29) is 11.1 Å². The van der Waals surface area contributed by atoms with Gasteiger partial charge in [-0.05, 0) is 30.7 Å². The third kappa shape index (κ3) is 3.85. The molecule has 1 aliphatic carbocycles. The van der Waals surface area contributed by atoms with Crippen LogP contribution in [0.1, 0.15) is 49.4 Å². The van der Waals surface area contributed by atoms with Gasteiger partial charge in [0, 0.05) is 6.54 Å². The SMILES string of the molecule is CCC1CCC(CNC(=O)c2cc(N)cnc2Cl)CC1. The van der Waals surface area contributed by atoms with E-state index in [1.165, 1.54) is 38.3 Å². The molecule has 0 aliphatic heterocycles. The first kappa shape index (κ1) is 15.1. The summed E-state index contributed by atoms with van der Waals surface area (Å²) < 4.78 is 0. The van der Waals surface area contributed by atoms with Crippen LogP contribution in [0.5, 0.6) is 0 Å². The van der Waals surface area contributed by atoms with E-state index in [2.05, 4.69) is 17.2 Å². The molecule has 0 saturated heterocycles. The Morgan fingerprint density at radius 2 is 2.05 bits per heavy atom. The highest BCUT2D eigenvalue weighted by molar-refractivity contribution is 6.32. The summed E-state index contributed by atoms with van der Waals surface area (Å²) in [5, 5.41) is 3.15. The summed E-state index contributed by atoms with van der Waals surface area (Å²) in [4.78, 5) is 16.0. The number of aromatic nitrogens is 1. The molecule has 0 bridgehead atoms. The minimum Gasteiger partial charge on any atom is -0.397 e. The number of nitrogens with zero attached hydrogens (tertiary/aromatic N) is 1. The zero-order chi connectivity index (χ0) is 14.5. The van der Waals surface area contributed by atoms with Gasteiger partial charge in [-0.25, -0.2) is 4.98 Å². The second kappa shape index (κ2) is 6.93. The molecule has 0 radical (unpaired) electrons. The third-order valence-electron chi connectivity index (χ3n) is 4.20. The van der Waals surface area contributed by atoms with E-state index in [0.717, 1.165) is 5.92 Å². The molecule has 2 rings (SSSR count). The lowest BCUT2D eigenvalue weighted by atomic mass is 9.81. The molecule has 1 aromatic rings. The quantitative estimate of drug-likeness (QED) is 0.838. The first-order valence-corrected chi connectivity index (χ1v) is 7.67. The lowest BCUT2D eigenvalue weighted by Gasteiger charge is -2.27. The lowest BCUT2D eigenvalue weighted by Crippen LogP contribution is -2.31. The number of rotatable bonds is 4. The van der Waals surface area contributed by atoms with Crippen LogP contribution in [0, 0.1) is 11.8 Å². The van der Waals surface area contributed by atoms with Crippen LogP contribution in [0.4, 0.5) is 5.69 Å². The van der Waals surface area contributed by atoms with Gasteiger partial charge in [0.15, 0.2) is 0 Å². The van der Waals surface area contributed by atoms with E-state index in [1.807, 2.05) is 0 Å². The van der Waals surface area contributed by atoms with Gasteiger partial charge in [-0.1, -0.05) is 37.8 Å². The molecule has 0 atom stereocenters. The number of nitrogens with two attached hydrogens (primary N) is 1. The molecule has 0 spiro atoms. The summed E-state index contributed by atoms with van der Waals surface area (Å²) in [6, 6.07) is 1.57. The monoisotopic (exact) mass is 295 g/mol. The number of hydrogen-bond donors (Lipinski definition) is 2. The maximum Gasteiger partial charge on any atom is 0.254 e. The Kier molecular flexibility index (Phi) is 5.24. The summed E-state index contributed by atoms with van der Waals surface area (Å²) in [7, 11) is 0. The standard InChI is InChI=1S/C15H22ClN3O/c1-2-10-3-5-11(6-4-10)8-19-15(20)13-7-12(17)9-18-14(13)16/h7,9-11H,2-6,8,17H2,1H3,(H,19,20). The number of hydrogen-bond acceptors (Lipinski definition) is 3. The van der Waals surface area contributed by atoms with Crippen molar-refractivity contribution in [3.63, 3.8) is 0 Å². The second-order valence-corrected chi connectivity index (χ2v) is 5.97. The largest absolute Gasteiger partial charge is 0.397 e. The van der Waals surface area contributed by atoms with E-state index in [1.54, 1.807) is 6.07 Å². The van der Waals surface area contributed by atoms with Crippen molar-refractivity contribution in [3.8, 4) is 0 Å². The van der Waals surface area contributed by atoms with Gasteiger partial charge in [0.25, 0.3) is 5.91 Å². The summed E-state index contributed by atoms with van der Waals surface area (Å²) in [5.74, 6) is 1.26. The van der Waals surface area contributed by atoms with Crippen LogP contribution in [0.25, 0.3) is 0 Å². The molecular formula is C15H22ClN3O. The van der Waals surface area contributed by atoms with Crippen molar-refractivity contribution in [3.05, 3.63) is 23.0 Å². The van der Waals surface area contributed by atoms with E-state index >= 15 is 0 Å². The number of anilines is 1. The number of amides is 1. The number of nitrogens with one attached hydrogen (secondary N) is 1. The van der Waals surface area contributed by atoms with Crippen molar-refractivity contribution in [1.82, 2.24) is 10.3 Å². The van der Waals surface area contributed by atoms with Crippen molar-refractivity contribution >= 4 is 23.2 Å². The molecule has 1 fully saturated rings. The summed E-state index contributed by atoms with van der Waals surface area (Å²) in [6.45, 7) is 2.96. The second-order valence-electron chi connectivity index (χ2n) is 5.61. The first-order valence-electron chi connectivity index (χ1n) is 7.29. The van der Waals surface area contributed by atoms with Crippen LogP contribution in [-0.4, -0.2) is 17.4 Å². The van der Waals surface area contributed by atoms with Crippen LogP contribution in [0.2, 0.25) is 5.15 Å². The molecule has 0 unspecified atom stereocenters. The lowest BCUT2D eigenvalue weighted by molar-refractivity contribution is 0.0941. The molecule has 3 N–H and O–H groups in total. The van der Waals surface area contributed by atoms with Crippen molar-refractivity contribution in [1.29, 1.82) is 0 Å². The number of nitrogen functional groups attached to an aromatic ring is 1. The summed E-state index contributed by atoms with van der Waals surface area (Å²) >= 11 is 5.92. The van der Waals surface area contributed by atoms with Gasteiger partial charge >= 0.3 is 0 Å². The molecule has 1 aliphatic rings. The Morgan fingerprint density at radius 1 is 1.40 bits per heavy atom. The molecule has 1 saturated carbocycles. The highest BCUT2D eigenvalue weighted by Gasteiger charge is 2.21.